The Morgan fingerprint density at radius 3 is 2.11 bits per heavy atom. The maximum absolute atomic E-state index is 10.9. The summed E-state index contributed by atoms with van der Waals surface area (Å²) in [4.78, 5) is 10.9. The van der Waals surface area contributed by atoms with Gasteiger partial charge in [-0.25, -0.2) is 4.79 Å². The van der Waals surface area contributed by atoms with Crippen molar-refractivity contribution in [2.24, 2.45) is 0 Å². The minimum Gasteiger partial charge on any atom is -0.496 e. The molecule has 1 aromatic carbocycles. The van der Waals surface area contributed by atoms with Gasteiger partial charge in [0, 0.05) is 24.8 Å². The Kier molecular flexibility index (Phi) is 5.95. The van der Waals surface area contributed by atoms with Crippen molar-refractivity contribution in [1.29, 1.82) is 0 Å². The highest BCUT2D eigenvalue weighted by molar-refractivity contribution is 5.72. The van der Waals surface area contributed by atoms with Crippen LogP contribution in [0.5, 0.6) is 17.2 Å². The van der Waals surface area contributed by atoms with Crippen molar-refractivity contribution in [3.8, 4) is 17.2 Å². The van der Waals surface area contributed by atoms with E-state index in [0.29, 0.717) is 23.9 Å². The lowest BCUT2D eigenvalue weighted by molar-refractivity contribution is -0.152. The standard InChI is InChI=1S/C13H18O6/c1-4-18-12(13(14)15)8-19-11-6-9(16-2)5-10(7-11)17-3/h5-7,12H,4,8H2,1-3H3,(H,14,15). The SMILES string of the molecule is CCOC(COc1cc(OC)cc(OC)c1)C(=O)O. The van der Waals surface area contributed by atoms with Gasteiger partial charge in [0.25, 0.3) is 0 Å². The van der Waals surface area contributed by atoms with Crippen LogP contribution in [-0.2, 0) is 9.53 Å². The molecular formula is C13H18O6. The number of methoxy groups -OCH3 is 2. The Balaban J connectivity index is 2.72. The summed E-state index contributed by atoms with van der Waals surface area (Å²) in [5.41, 5.74) is 0. The van der Waals surface area contributed by atoms with Crippen LogP contribution in [0.15, 0.2) is 18.2 Å². The van der Waals surface area contributed by atoms with Crippen LogP contribution >= 0.6 is 0 Å². The van der Waals surface area contributed by atoms with Gasteiger partial charge in [-0.1, -0.05) is 0 Å². The van der Waals surface area contributed by atoms with Crippen LogP contribution in [0.25, 0.3) is 0 Å². The molecule has 6 nitrogen and oxygen atoms in total. The van der Waals surface area contributed by atoms with E-state index in [1.807, 2.05) is 0 Å². The third kappa shape index (κ3) is 4.67. The maximum Gasteiger partial charge on any atom is 0.336 e. The van der Waals surface area contributed by atoms with Crippen LogP contribution in [0.3, 0.4) is 0 Å². The van der Waals surface area contributed by atoms with E-state index in [-0.39, 0.29) is 6.61 Å². The van der Waals surface area contributed by atoms with Crippen molar-refractivity contribution in [1.82, 2.24) is 0 Å². The van der Waals surface area contributed by atoms with E-state index in [1.54, 1.807) is 25.1 Å². The third-order valence-electron chi connectivity index (χ3n) is 2.37. The predicted octanol–water partition coefficient (Wildman–Crippen LogP) is 1.57. The van der Waals surface area contributed by atoms with Crippen molar-refractivity contribution in [3.05, 3.63) is 18.2 Å². The zero-order chi connectivity index (χ0) is 14.3. The largest absolute Gasteiger partial charge is 0.496 e. The molecule has 0 heterocycles. The number of ether oxygens (including phenoxy) is 4. The quantitative estimate of drug-likeness (QED) is 0.773. The summed E-state index contributed by atoms with van der Waals surface area (Å²) < 4.78 is 20.6. The van der Waals surface area contributed by atoms with Crippen LogP contribution in [-0.4, -0.2) is 44.6 Å². The zero-order valence-corrected chi connectivity index (χ0v) is 11.2. The smallest absolute Gasteiger partial charge is 0.336 e. The van der Waals surface area contributed by atoms with Crippen molar-refractivity contribution >= 4 is 5.97 Å². The fourth-order valence-electron chi connectivity index (χ4n) is 1.43. The van der Waals surface area contributed by atoms with E-state index >= 15 is 0 Å². The van der Waals surface area contributed by atoms with Crippen molar-refractivity contribution < 1.29 is 28.8 Å². The molecule has 0 aromatic heterocycles. The highest BCUT2D eigenvalue weighted by atomic mass is 16.5. The molecule has 0 amide bonds. The summed E-state index contributed by atoms with van der Waals surface area (Å²) in [6, 6.07) is 4.99. The number of rotatable bonds is 8. The van der Waals surface area contributed by atoms with Crippen LogP contribution < -0.4 is 14.2 Å². The summed E-state index contributed by atoms with van der Waals surface area (Å²) >= 11 is 0. The van der Waals surface area contributed by atoms with Crippen LogP contribution in [0.4, 0.5) is 0 Å². The number of hydrogen-bond donors (Lipinski definition) is 1. The number of hydrogen-bond acceptors (Lipinski definition) is 5. The minimum absolute atomic E-state index is 0.0838. The highest BCUT2D eigenvalue weighted by Gasteiger charge is 2.18. The average molecular weight is 270 g/mol. The first kappa shape index (κ1) is 15.1. The first-order chi connectivity index (χ1) is 9.10. The fraction of sp³-hybridized carbons (Fsp3) is 0.462. The predicted molar refractivity (Wildman–Crippen MR) is 68.1 cm³/mol. The summed E-state index contributed by atoms with van der Waals surface area (Å²) in [7, 11) is 3.05. The summed E-state index contributed by atoms with van der Waals surface area (Å²) in [5, 5.41) is 8.93. The van der Waals surface area contributed by atoms with E-state index in [0.717, 1.165) is 0 Å². The van der Waals surface area contributed by atoms with Gasteiger partial charge in [0.05, 0.1) is 14.2 Å². The Bertz CT molecular complexity index is 395. The number of carbonyl (C=O) groups is 1. The molecule has 1 unspecified atom stereocenters. The van der Waals surface area contributed by atoms with Gasteiger partial charge >= 0.3 is 5.97 Å². The van der Waals surface area contributed by atoms with E-state index in [4.69, 9.17) is 24.1 Å². The van der Waals surface area contributed by atoms with Crippen molar-refractivity contribution in [2.75, 3.05) is 27.4 Å². The van der Waals surface area contributed by atoms with Crippen LogP contribution in [0.1, 0.15) is 6.92 Å². The molecule has 1 atom stereocenters. The average Bonchev–Trinajstić information content (AvgIpc) is 2.42. The maximum atomic E-state index is 10.9. The van der Waals surface area contributed by atoms with E-state index in [2.05, 4.69) is 0 Å². The van der Waals surface area contributed by atoms with Crippen LogP contribution in [0, 0.1) is 0 Å². The molecule has 19 heavy (non-hydrogen) atoms. The summed E-state index contributed by atoms with van der Waals surface area (Å²) in [5.74, 6) is 0.536. The molecule has 6 heteroatoms. The molecule has 0 aliphatic heterocycles. The molecular weight excluding hydrogens is 252 g/mol. The number of carboxylic acids is 1. The molecule has 0 bridgehead atoms. The normalized spacial score (nSPS) is 11.7. The number of carboxylic acid groups (broad SMARTS) is 1. The molecule has 0 fully saturated rings. The second-order valence-electron chi connectivity index (χ2n) is 3.64. The third-order valence-corrected chi connectivity index (χ3v) is 2.37. The molecule has 0 saturated heterocycles. The second kappa shape index (κ2) is 7.48. The lowest BCUT2D eigenvalue weighted by Gasteiger charge is -2.14. The van der Waals surface area contributed by atoms with Gasteiger partial charge in [-0.05, 0) is 6.92 Å². The zero-order valence-electron chi connectivity index (χ0n) is 11.2. The molecule has 0 spiro atoms. The van der Waals surface area contributed by atoms with Crippen molar-refractivity contribution in [2.45, 2.75) is 13.0 Å². The monoisotopic (exact) mass is 270 g/mol. The second-order valence-corrected chi connectivity index (χ2v) is 3.64. The number of benzene rings is 1. The van der Waals surface area contributed by atoms with E-state index < -0.39 is 12.1 Å². The molecule has 0 radical (unpaired) electrons. The lowest BCUT2D eigenvalue weighted by Crippen LogP contribution is -2.30. The van der Waals surface area contributed by atoms with E-state index in [9.17, 15) is 4.79 Å². The highest BCUT2D eigenvalue weighted by Crippen LogP contribution is 2.27. The van der Waals surface area contributed by atoms with Gasteiger partial charge in [0.1, 0.15) is 23.9 Å². The molecule has 0 aliphatic rings. The fourth-order valence-corrected chi connectivity index (χ4v) is 1.43. The Morgan fingerprint density at radius 1 is 1.16 bits per heavy atom. The summed E-state index contributed by atoms with van der Waals surface area (Å²) in [6.07, 6.45) is -0.998. The molecule has 0 saturated carbocycles. The van der Waals surface area contributed by atoms with Gasteiger partial charge in [-0.15, -0.1) is 0 Å². The van der Waals surface area contributed by atoms with Gasteiger partial charge in [-0.2, -0.15) is 0 Å². The van der Waals surface area contributed by atoms with Gasteiger partial charge in [0.15, 0.2) is 6.10 Å². The van der Waals surface area contributed by atoms with Gasteiger partial charge in [-0.3, -0.25) is 0 Å². The molecule has 1 aromatic rings. The molecule has 1 N–H and O–H groups in total. The first-order valence-electron chi connectivity index (χ1n) is 5.81. The topological polar surface area (TPSA) is 74.2 Å². The van der Waals surface area contributed by atoms with Gasteiger partial charge < -0.3 is 24.1 Å². The van der Waals surface area contributed by atoms with Gasteiger partial charge in [0.2, 0.25) is 0 Å². The minimum atomic E-state index is -1.06. The Morgan fingerprint density at radius 2 is 1.68 bits per heavy atom. The molecule has 106 valence electrons. The number of aliphatic carboxylic acids is 1. The Labute approximate surface area is 111 Å². The van der Waals surface area contributed by atoms with Crippen LogP contribution in [0.2, 0.25) is 0 Å². The molecule has 0 aliphatic carbocycles. The Hall–Kier alpha value is -1.95. The van der Waals surface area contributed by atoms with Crippen molar-refractivity contribution in [3.63, 3.8) is 0 Å². The van der Waals surface area contributed by atoms with E-state index in [1.165, 1.54) is 14.2 Å². The first-order valence-corrected chi connectivity index (χ1v) is 5.81. The molecule has 1 rings (SSSR count). The summed E-state index contributed by atoms with van der Waals surface area (Å²) in [6.45, 7) is 1.95. The lowest BCUT2D eigenvalue weighted by atomic mass is 10.3.